The highest BCUT2D eigenvalue weighted by atomic mass is 14.9. The zero-order chi connectivity index (χ0) is 12.8. The van der Waals surface area contributed by atoms with Crippen LogP contribution in [0.4, 0.5) is 5.69 Å². The lowest BCUT2D eigenvalue weighted by Gasteiger charge is -2.32. The van der Waals surface area contributed by atoms with Crippen molar-refractivity contribution in [2.24, 2.45) is 23.7 Å². The number of hydrogen-bond acceptors (Lipinski definition) is 1. The quantitative estimate of drug-likeness (QED) is 0.839. The Morgan fingerprint density at radius 2 is 2.00 bits per heavy atom. The summed E-state index contributed by atoms with van der Waals surface area (Å²) in [7, 11) is 0. The van der Waals surface area contributed by atoms with Gasteiger partial charge in [-0.2, -0.15) is 0 Å². The molecule has 5 unspecified atom stereocenters. The number of anilines is 1. The van der Waals surface area contributed by atoms with E-state index in [9.17, 15) is 0 Å². The minimum Gasteiger partial charge on any atom is -0.382 e. The van der Waals surface area contributed by atoms with E-state index in [-0.39, 0.29) is 0 Å². The third-order valence-electron chi connectivity index (χ3n) is 6.12. The molecule has 3 fully saturated rings. The fraction of sp³-hybridized carbons (Fsp3) is 0.667. The van der Waals surface area contributed by atoms with Crippen molar-refractivity contribution in [1.29, 1.82) is 0 Å². The highest BCUT2D eigenvalue weighted by molar-refractivity contribution is 5.47. The first-order chi connectivity index (χ1) is 9.35. The molecule has 3 aliphatic carbocycles. The Balaban J connectivity index is 1.49. The molecule has 4 rings (SSSR count). The predicted molar refractivity (Wildman–Crippen MR) is 80.3 cm³/mol. The fourth-order valence-electron chi connectivity index (χ4n) is 5.33. The van der Waals surface area contributed by atoms with Gasteiger partial charge in [0.25, 0.3) is 0 Å². The van der Waals surface area contributed by atoms with Crippen LogP contribution >= 0.6 is 0 Å². The van der Waals surface area contributed by atoms with Crippen LogP contribution in [0.1, 0.15) is 44.6 Å². The van der Waals surface area contributed by atoms with E-state index < -0.39 is 0 Å². The molecule has 1 heteroatoms. The van der Waals surface area contributed by atoms with E-state index in [0.717, 1.165) is 36.1 Å². The lowest BCUT2D eigenvalue weighted by atomic mass is 9.79. The van der Waals surface area contributed by atoms with Crippen LogP contribution in [-0.2, 0) is 6.42 Å². The van der Waals surface area contributed by atoms with Crippen LogP contribution in [0.3, 0.4) is 0 Å². The zero-order valence-corrected chi connectivity index (χ0v) is 11.9. The lowest BCUT2D eigenvalue weighted by Crippen LogP contribution is -2.33. The second kappa shape index (κ2) is 4.54. The lowest BCUT2D eigenvalue weighted by molar-refractivity contribution is 0.243. The molecule has 0 radical (unpaired) electrons. The normalized spacial score (nSPS) is 39.5. The Morgan fingerprint density at radius 3 is 2.89 bits per heavy atom. The van der Waals surface area contributed by atoms with Crippen molar-refractivity contribution in [3.05, 3.63) is 29.8 Å². The van der Waals surface area contributed by atoms with E-state index >= 15 is 0 Å². The summed E-state index contributed by atoms with van der Waals surface area (Å²) in [6.07, 6.45) is 8.63. The maximum Gasteiger partial charge on any atom is 0.0345 e. The Labute approximate surface area is 116 Å². The first-order valence-electron chi connectivity index (χ1n) is 8.20. The number of fused-ring (bicyclic) bond motifs is 5. The molecule has 2 bridgehead atoms. The van der Waals surface area contributed by atoms with Crippen molar-refractivity contribution in [2.45, 2.75) is 51.5 Å². The van der Waals surface area contributed by atoms with Crippen LogP contribution in [0.5, 0.6) is 0 Å². The maximum atomic E-state index is 3.86. The summed E-state index contributed by atoms with van der Waals surface area (Å²) in [6.45, 7) is 2.24. The van der Waals surface area contributed by atoms with Gasteiger partial charge in [0.15, 0.2) is 0 Å². The van der Waals surface area contributed by atoms with E-state index in [0.29, 0.717) is 0 Å². The van der Waals surface area contributed by atoms with Crippen LogP contribution in [0.15, 0.2) is 24.3 Å². The molecule has 0 spiro atoms. The largest absolute Gasteiger partial charge is 0.382 e. The minimum absolute atomic E-state index is 0.761. The van der Waals surface area contributed by atoms with Gasteiger partial charge in [0.2, 0.25) is 0 Å². The molecule has 102 valence electrons. The van der Waals surface area contributed by atoms with E-state index in [4.69, 9.17) is 0 Å². The maximum absolute atomic E-state index is 3.86. The molecule has 3 aliphatic rings. The Hall–Kier alpha value is -0.980. The second-order valence-electron chi connectivity index (χ2n) is 6.96. The number of hydrogen-bond donors (Lipinski definition) is 1. The van der Waals surface area contributed by atoms with Crippen LogP contribution in [0.25, 0.3) is 0 Å². The van der Waals surface area contributed by atoms with Gasteiger partial charge in [-0.1, -0.05) is 25.5 Å². The first kappa shape index (κ1) is 11.8. The molecule has 0 amide bonds. The van der Waals surface area contributed by atoms with Crippen molar-refractivity contribution in [3.63, 3.8) is 0 Å². The summed E-state index contributed by atoms with van der Waals surface area (Å²) in [6, 6.07) is 9.79. The Bertz CT molecular complexity index is 467. The van der Waals surface area contributed by atoms with Gasteiger partial charge < -0.3 is 5.32 Å². The number of aryl methyl sites for hydroxylation is 1. The summed E-state index contributed by atoms with van der Waals surface area (Å²) >= 11 is 0. The molecular weight excluding hydrogens is 230 g/mol. The average molecular weight is 255 g/mol. The summed E-state index contributed by atoms with van der Waals surface area (Å²) in [4.78, 5) is 0. The van der Waals surface area contributed by atoms with E-state index in [1.807, 2.05) is 0 Å². The van der Waals surface area contributed by atoms with Crippen LogP contribution < -0.4 is 5.32 Å². The van der Waals surface area contributed by atoms with Gasteiger partial charge in [0.05, 0.1) is 0 Å². The topological polar surface area (TPSA) is 12.0 Å². The van der Waals surface area contributed by atoms with E-state index in [2.05, 4.69) is 36.5 Å². The van der Waals surface area contributed by atoms with Gasteiger partial charge in [-0.3, -0.25) is 0 Å². The minimum atomic E-state index is 0.761. The third kappa shape index (κ3) is 1.89. The molecule has 3 saturated carbocycles. The molecule has 0 heterocycles. The first-order valence-corrected chi connectivity index (χ1v) is 8.20. The molecule has 0 aromatic heterocycles. The molecule has 1 nitrogen and oxygen atoms in total. The average Bonchev–Trinajstić information content (AvgIpc) is 3.10. The molecule has 5 atom stereocenters. The van der Waals surface area contributed by atoms with Crippen molar-refractivity contribution in [3.8, 4) is 0 Å². The monoisotopic (exact) mass is 255 g/mol. The van der Waals surface area contributed by atoms with E-state index in [1.165, 1.54) is 43.4 Å². The smallest absolute Gasteiger partial charge is 0.0345 e. The molecule has 1 aromatic rings. The summed E-state index contributed by atoms with van der Waals surface area (Å²) in [5.74, 6) is 4.18. The SMILES string of the molecule is CCc1cccc(NC2CC3CC2C2CCCC32)c1. The molecule has 0 aliphatic heterocycles. The predicted octanol–water partition coefficient (Wildman–Crippen LogP) is 4.49. The van der Waals surface area contributed by atoms with Crippen molar-refractivity contribution in [1.82, 2.24) is 0 Å². The van der Waals surface area contributed by atoms with Crippen LogP contribution in [0, 0.1) is 23.7 Å². The molecule has 19 heavy (non-hydrogen) atoms. The number of benzene rings is 1. The Kier molecular flexibility index (Phi) is 2.82. The van der Waals surface area contributed by atoms with E-state index in [1.54, 1.807) is 0 Å². The molecule has 1 N–H and O–H groups in total. The van der Waals surface area contributed by atoms with Crippen molar-refractivity contribution in [2.75, 3.05) is 5.32 Å². The highest BCUT2D eigenvalue weighted by Gasteiger charge is 2.53. The Morgan fingerprint density at radius 1 is 1.11 bits per heavy atom. The van der Waals surface area contributed by atoms with Crippen LogP contribution in [0.2, 0.25) is 0 Å². The number of nitrogens with one attached hydrogen (secondary N) is 1. The van der Waals surface area contributed by atoms with Gasteiger partial charge in [0, 0.05) is 11.7 Å². The van der Waals surface area contributed by atoms with Gasteiger partial charge in [-0.05, 0) is 73.5 Å². The summed E-state index contributed by atoms with van der Waals surface area (Å²) in [5.41, 5.74) is 2.80. The molecule has 1 aromatic carbocycles. The highest BCUT2D eigenvalue weighted by Crippen LogP contribution is 2.59. The molecular formula is C18H25N. The summed E-state index contributed by atoms with van der Waals surface area (Å²) < 4.78 is 0. The summed E-state index contributed by atoms with van der Waals surface area (Å²) in [5, 5.41) is 3.86. The van der Waals surface area contributed by atoms with Gasteiger partial charge in [0.1, 0.15) is 0 Å². The van der Waals surface area contributed by atoms with Crippen molar-refractivity contribution < 1.29 is 0 Å². The van der Waals surface area contributed by atoms with Gasteiger partial charge >= 0.3 is 0 Å². The second-order valence-corrected chi connectivity index (χ2v) is 6.96. The van der Waals surface area contributed by atoms with Gasteiger partial charge in [-0.25, -0.2) is 0 Å². The zero-order valence-electron chi connectivity index (χ0n) is 11.9. The van der Waals surface area contributed by atoms with Crippen LogP contribution in [-0.4, -0.2) is 6.04 Å². The molecule has 0 saturated heterocycles. The fourth-order valence-corrected chi connectivity index (χ4v) is 5.33. The third-order valence-corrected chi connectivity index (χ3v) is 6.12. The van der Waals surface area contributed by atoms with Crippen molar-refractivity contribution >= 4 is 5.69 Å². The van der Waals surface area contributed by atoms with Gasteiger partial charge in [-0.15, -0.1) is 0 Å². The number of rotatable bonds is 3. The standard InChI is InChI=1S/C18H25N/c1-2-12-5-3-6-14(9-12)19-18-11-13-10-17(18)16-8-4-7-15(13)16/h3,5-6,9,13,15-19H,2,4,7-8,10-11H2,1H3.